The Labute approximate surface area is 124 Å². The minimum absolute atomic E-state index is 0.0225. The average molecular weight is 290 g/mol. The van der Waals surface area contributed by atoms with Crippen LogP contribution in [0.5, 0.6) is 11.5 Å². The third kappa shape index (κ3) is 2.83. The van der Waals surface area contributed by atoms with Crippen molar-refractivity contribution in [2.24, 2.45) is 5.73 Å². The van der Waals surface area contributed by atoms with Crippen LogP contribution in [0.25, 0.3) is 0 Å². The molecule has 1 aromatic rings. The molecule has 0 spiro atoms. The SMILES string of the molecule is NCCC(=O)NC1(c2ccc3c(c2)OCCO3)CCCC1. The van der Waals surface area contributed by atoms with E-state index < -0.39 is 0 Å². The lowest BCUT2D eigenvalue weighted by Crippen LogP contribution is -2.44. The number of hydrogen-bond donors (Lipinski definition) is 2. The van der Waals surface area contributed by atoms with Gasteiger partial charge >= 0.3 is 0 Å². The Bertz CT molecular complexity index is 524. The number of fused-ring (bicyclic) bond motifs is 1. The summed E-state index contributed by atoms with van der Waals surface area (Å²) >= 11 is 0. The van der Waals surface area contributed by atoms with Gasteiger partial charge in [0.1, 0.15) is 13.2 Å². The summed E-state index contributed by atoms with van der Waals surface area (Å²) in [6.07, 6.45) is 4.53. The van der Waals surface area contributed by atoms with Crippen molar-refractivity contribution >= 4 is 5.91 Å². The normalized spacial score (nSPS) is 19.3. The number of carbonyl (C=O) groups is 1. The van der Waals surface area contributed by atoms with Crippen LogP contribution in [-0.2, 0) is 10.3 Å². The first kappa shape index (κ1) is 14.2. The van der Waals surface area contributed by atoms with E-state index >= 15 is 0 Å². The average Bonchev–Trinajstić information content (AvgIpc) is 2.96. The summed E-state index contributed by atoms with van der Waals surface area (Å²) < 4.78 is 11.2. The number of rotatable bonds is 4. The van der Waals surface area contributed by atoms with E-state index in [1.54, 1.807) is 0 Å². The standard InChI is InChI=1S/C16H22N2O3/c17-8-5-15(19)18-16(6-1-2-7-16)12-3-4-13-14(11-12)21-10-9-20-13/h3-4,11H,1-2,5-10,17H2,(H,18,19). The molecular weight excluding hydrogens is 268 g/mol. The molecule has 0 saturated heterocycles. The second-order valence-electron chi connectivity index (χ2n) is 5.73. The van der Waals surface area contributed by atoms with Crippen molar-refractivity contribution < 1.29 is 14.3 Å². The number of ether oxygens (including phenoxy) is 2. The lowest BCUT2D eigenvalue weighted by atomic mass is 9.87. The zero-order valence-electron chi connectivity index (χ0n) is 12.2. The van der Waals surface area contributed by atoms with Crippen LogP contribution in [0.2, 0.25) is 0 Å². The van der Waals surface area contributed by atoms with Gasteiger partial charge in [0.05, 0.1) is 5.54 Å². The van der Waals surface area contributed by atoms with Gasteiger partial charge < -0.3 is 20.5 Å². The fourth-order valence-electron chi connectivity index (χ4n) is 3.27. The van der Waals surface area contributed by atoms with E-state index in [1.807, 2.05) is 18.2 Å². The van der Waals surface area contributed by atoms with Gasteiger partial charge in [-0.05, 0) is 30.5 Å². The molecule has 5 heteroatoms. The Morgan fingerprint density at radius 1 is 1.19 bits per heavy atom. The van der Waals surface area contributed by atoms with Gasteiger partial charge in [-0.2, -0.15) is 0 Å². The Kier molecular flexibility index (Phi) is 4.01. The van der Waals surface area contributed by atoms with Crippen molar-refractivity contribution in [1.29, 1.82) is 0 Å². The van der Waals surface area contributed by atoms with Crippen molar-refractivity contribution in [3.05, 3.63) is 23.8 Å². The number of nitrogens with two attached hydrogens (primary N) is 1. The van der Waals surface area contributed by atoms with E-state index in [-0.39, 0.29) is 11.4 Å². The molecule has 114 valence electrons. The highest BCUT2D eigenvalue weighted by Crippen LogP contribution is 2.42. The summed E-state index contributed by atoms with van der Waals surface area (Å²) in [6, 6.07) is 6.00. The Hall–Kier alpha value is -1.75. The molecule has 2 aliphatic rings. The molecule has 1 saturated carbocycles. The van der Waals surface area contributed by atoms with Gasteiger partial charge in [0.2, 0.25) is 5.91 Å². The van der Waals surface area contributed by atoms with Gasteiger partial charge in [-0.1, -0.05) is 18.9 Å². The van der Waals surface area contributed by atoms with Gasteiger partial charge in [-0.3, -0.25) is 4.79 Å². The highest BCUT2D eigenvalue weighted by molar-refractivity contribution is 5.77. The van der Waals surface area contributed by atoms with Crippen molar-refractivity contribution in [2.45, 2.75) is 37.6 Å². The van der Waals surface area contributed by atoms with Gasteiger partial charge in [0, 0.05) is 13.0 Å². The van der Waals surface area contributed by atoms with E-state index in [2.05, 4.69) is 5.32 Å². The van der Waals surface area contributed by atoms with Crippen LogP contribution in [0.15, 0.2) is 18.2 Å². The molecule has 21 heavy (non-hydrogen) atoms. The third-order valence-electron chi connectivity index (χ3n) is 4.30. The molecule has 3 N–H and O–H groups in total. The Morgan fingerprint density at radius 3 is 2.62 bits per heavy atom. The highest BCUT2D eigenvalue weighted by atomic mass is 16.6. The van der Waals surface area contributed by atoms with Crippen LogP contribution in [0.3, 0.4) is 0 Å². The number of hydrogen-bond acceptors (Lipinski definition) is 4. The highest BCUT2D eigenvalue weighted by Gasteiger charge is 2.37. The zero-order valence-corrected chi connectivity index (χ0v) is 12.2. The minimum Gasteiger partial charge on any atom is -0.486 e. The Morgan fingerprint density at radius 2 is 1.90 bits per heavy atom. The van der Waals surface area contributed by atoms with Crippen molar-refractivity contribution in [2.75, 3.05) is 19.8 Å². The maximum absolute atomic E-state index is 12.0. The van der Waals surface area contributed by atoms with Gasteiger partial charge in [-0.25, -0.2) is 0 Å². The number of carbonyl (C=O) groups excluding carboxylic acids is 1. The monoisotopic (exact) mass is 290 g/mol. The first-order chi connectivity index (χ1) is 10.2. The quantitative estimate of drug-likeness (QED) is 0.885. The first-order valence-electron chi connectivity index (χ1n) is 7.65. The predicted octanol–water partition coefficient (Wildman–Crippen LogP) is 1.69. The summed E-state index contributed by atoms with van der Waals surface area (Å²) in [5.74, 6) is 1.58. The van der Waals surface area contributed by atoms with Crippen LogP contribution in [0.1, 0.15) is 37.7 Å². The molecule has 0 bridgehead atoms. The maximum atomic E-state index is 12.0. The zero-order chi connectivity index (χ0) is 14.7. The summed E-state index contributed by atoms with van der Waals surface area (Å²) in [6.45, 7) is 1.54. The predicted molar refractivity (Wildman–Crippen MR) is 79.4 cm³/mol. The van der Waals surface area contributed by atoms with Crippen molar-refractivity contribution in [3.8, 4) is 11.5 Å². The Balaban J connectivity index is 1.88. The summed E-state index contributed by atoms with van der Waals surface area (Å²) in [4.78, 5) is 12.0. The van der Waals surface area contributed by atoms with Gasteiger partial charge in [0.25, 0.3) is 0 Å². The fourth-order valence-corrected chi connectivity index (χ4v) is 3.27. The van der Waals surface area contributed by atoms with Crippen molar-refractivity contribution in [3.63, 3.8) is 0 Å². The number of benzene rings is 1. The van der Waals surface area contributed by atoms with Crippen molar-refractivity contribution in [1.82, 2.24) is 5.32 Å². The van der Waals surface area contributed by atoms with Crippen LogP contribution in [-0.4, -0.2) is 25.7 Å². The van der Waals surface area contributed by atoms with E-state index in [1.165, 1.54) is 0 Å². The minimum atomic E-state index is -0.276. The molecule has 0 unspecified atom stereocenters. The summed E-state index contributed by atoms with van der Waals surface area (Å²) in [5, 5.41) is 3.20. The number of nitrogens with one attached hydrogen (secondary N) is 1. The topological polar surface area (TPSA) is 73.6 Å². The molecular formula is C16H22N2O3. The van der Waals surface area contributed by atoms with Crippen LogP contribution in [0, 0.1) is 0 Å². The molecule has 0 atom stereocenters. The molecule has 0 aromatic heterocycles. The third-order valence-corrected chi connectivity index (χ3v) is 4.30. The maximum Gasteiger partial charge on any atom is 0.221 e. The molecule has 5 nitrogen and oxygen atoms in total. The van der Waals surface area contributed by atoms with E-state index in [4.69, 9.17) is 15.2 Å². The molecule has 1 amide bonds. The second-order valence-corrected chi connectivity index (χ2v) is 5.73. The molecule has 1 fully saturated rings. The number of amides is 1. The molecule has 1 aromatic carbocycles. The van der Waals surface area contributed by atoms with Crippen LogP contribution >= 0.6 is 0 Å². The smallest absolute Gasteiger partial charge is 0.221 e. The largest absolute Gasteiger partial charge is 0.486 e. The molecule has 1 aliphatic carbocycles. The van der Waals surface area contributed by atoms with Gasteiger partial charge in [0.15, 0.2) is 11.5 Å². The second kappa shape index (κ2) is 5.93. The van der Waals surface area contributed by atoms with E-state index in [9.17, 15) is 4.79 Å². The van der Waals surface area contributed by atoms with E-state index in [0.717, 1.165) is 42.7 Å². The van der Waals surface area contributed by atoms with Gasteiger partial charge in [-0.15, -0.1) is 0 Å². The van der Waals surface area contributed by atoms with Crippen LogP contribution in [0.4, 0.5) is 0 Å². The first-order valence-corrected chi connectivity index (χ1v) is 7.65. The summed E-state index contributed by atoms with van der Waals surface area (Å²) in [7, 11) is 0. The van der Waals surface area contributed by atoms with Crippen LogP contribution < -0.4 is 20.5 Å². The summed E-state index contributed by atoms with van der Waals surface area (Å²) in [5.41, 5.74) is 6.31. The molecule has 1 heterocycles. The molecule has 0 radical (unpaired) electrons. The lowest BCUT2D eigenvalue weighted by Gasteiger charge is -2.32. The molecule has 1 aliphatic heterocycles. The fraction of sp³-hybridized carbons (Fsp3) is 0.562. The molecule has 3 rings (SSSR count). The lowest BCUT2D eigenvalue weighted by molar-refractivity contribution is -0.122. The van der Waals surface area contributed by atoms with E-state index in [0.29, 0.717) is 26.2 Å².